The Morgan fingerprint density at radius 2 is 1.93 bits per heavy atom. The summed E-state index contributed by atoms with van der Waals surface area (Å²) < 4.78 is 23.9. The number of benzene rings is 2. The van der Waals surface area contributed by atoms with E-state index in [9.17, 15) is 19.1 Å². The zero-order chi connectivity index (χ0) is 31.7. The minimum absolute atomic E-state index is 0.00400. The number of carbonyl (C=O) groups is 1. The number of hydrogen-bond acceptors (Lipinski definition) is 10. The van der Waals surface area contributed by atoms with Crippen molar-refractivity contribution in [2.45, 2.75) is 49.6 Å². The number of hydrogen-bond donors (Lipinski definition) is 2. The number of rotatable bonds is 9. The summed E-state index contributed by atoms with van der Waals surface area (Å²) in [6.07, 6.45) is 5.54. The number of methoxy groups -OCH3 is 1. The third-order valence-corrected chi connectivity index (χ3v) is 9.23. The van der Waals surface area contributed by atoms with Crippen LogP contribution in [0.25, 0.3) is 0 Å². The maximum absolute atomic E-state index is 14.2. The molecule has 0 radical (unpaired) electrons. The predicted octanol–water partition coefficient (Wildman–Crippen LogP) is 4.42. The third-order valence-electron chi connectivity index (χ3n) is 7.79. The number of nitro groups is 1. The second-order valence-electron chi connectivity index (χ2n) is 10.6. The number of non-ortho nitro benzene ring substituents is 1. The number of nitrogens with two attached hydrogens (primary N) is 2. The van der Waals surface area contributed by atoms with Crippen molar-refractivity contribution in [2.24, 2.45) is 17.4 Å². The largest absolute Gasteiger partial charge is 0.495 e. The number of nitrogens with zero attached hydrogens (tertiary/aromatic N) is 5. The van der Waals surface area contributed by atoms with Crippen LogP contribution in [0, 0.1) is 16.0 Å². The van der Waals surface area contributed by atoms with Gasteiger partial charge in [0.1, 0.15) is 27.4 Å². The van der Waals surface area contributed by atoms with Crippen molar-refractivity contribution in [2.75, 3.05) is 29.8 Å². The topological polar surface area (TPSA) is 180 Å². The van der Waals surface area contributed by atoms with Crippen LogP contribution < -0.4 is 30.7 Å². The summed E-state index contributed by atoms with van der Waals surface area (Å²) in [5.41, 5.74) is 13.5. The molecule has 2 aliphatic rings. The van der Waals surface area contributed by atoms with Gasteiger partial charge < -0.3 is 20.9 Å². The third kappa shape index (κ3) is 6.31. The quantitative estimate of drug-likeness (QED) is 0.189. The molecular weight excluding hydrogens is 633 g/mol. The molecule has 2 aromatic carbocycles. The van der Waals surface area contributed by atoms with Crippen molar-refractivity contribution in [3.8, 4) is 11.5 Å². The Hall–Kier alpha value is -3.56. The van der Waals surface area contributed by atoms with Crippen LogP contribution in [-0.2, 0) is 23.9 Å². The highest BCUT2D eigenvalue weighted by molar-refractivity contribution is 7.84. The molecule has 2 heterocycles. The van der Waals surface area contributed by atoms with Crippen LogP contribution in [0.2, 0.25) is 10.0 Å². The predicted molar refractivity (Wildman–Crippen MR) is 167 cm³/mol. The average molecular weight is 665 g/mol. The molecule has 4 atom stereocenters. The van der Waals surface area contributed by atoms with E-state index < -0.39 is 21.8 Å². The average Bonchev–Trinajstić information content (AvgIpc) is 3.00. The summed E-state index contributed by atoms with van der Waals surface area (Å²) in [7, 11) is -0.102. The first-order valence-corrected chi connectivity index (χ1v) is 16.0. The number of anilines is 2. The Morgan fingerprint density at radius 1 is 1.18 bits per heavy atom. The Morgan fingerprint density at radius 3 is 2.64 bits per heavy atom. The molecule has 1 saturated carbocycles. The van der Waals surface area contributed by atoms with Gasteiger partial charge in [-0.25, -0.2) is 14.8 Å². The lowest BCUT2D eigenvalue weighted by atomic mass is 9.82. The lowest BCUT2D eigenvalue weighted by Crippen LogP contribution is -2.50. The van der Waals surface area contributed by atoms with Gasteiger partial charge in [0, 0.05) is 54.2 Å². The number of amides is 2. The molecule has 44 heavy (non-hydrogen) atoms. The second-order valence-corrected chi connectivity index (χ2v) is 12.7. The van der Waals surface area contributed by atoms with Gasteiger partial charge in [0.15, 0.2) is 0 Å². The molecule has 4 unspecified atom stereocenters. The molecule has 1 fully saturated rings. The molecular formula is C28H31Cl2N7O6S. The van der Waals surface area contributed by atoms with E-state index in [1.807, 2.05) is 0 Å². The SMILES string of the molecule is COc1cc(OCC2CCCC(N)C2N)c(Cl)c(N2Cc3cnc(S(C)=O)nc3N(Cc3cccc([N+](=O)[O-])c3)C2=O)c1Cl. The Kier molecular flexibility index (Phi) is 9.56. The molecule has 1 aliphatic heterocycles. The lowest BCUT2D eigenvalue weighted by Gasteiger charge is -2.37. The van der Waals surface area contributed by atoms with E-state index in [2.05, 4.69) is 9.97 Å². The number of fused-ring (bicyclic) bond motifs is 1. The van der Waals surface area contributed by atoms with Gasteiger partial charge in [-0.1, -0.05) is 41.8 Å². The highest BCUT2D eigenvalue weighted by Gasteiger charge is 2.37. The van der Waals surface area contributed by atoms with Gasteiger partial charge in [0.05, 0.1) is 48.2 Å². The van der Waals surface area contributed by atoms with Gasteiger partial charge in [-0.2, -0.15) is 0 Å². The summed E-state index contributed by atoms with van der Waals surface area (Å²) in [6.45, 7) is 0.114. The number of carbonyl (C=O) groups excluding carboxylic acids is 1. The van der Waals surface area contributed by atoms with Crippen molar-refractivity contribution in [3.05, 3.63) is 67.8 Å². The maximum atomic E-state index is 14.2. The fourth-order valence-electron chi connectivity index (χ4n) is 5.42. The molecule has 0 bridgehead atoms. The van der Waals surface area contributed by atoms with E-state index in [0.717, 1.165) is 19.3 Å². The Balaban J connectivity index is 1.55. The van der Waals surface area contributed by atoms with Gasteiger partial charge in [0.25, 0.3) is 5.69 Å². The smallest absolute Gasteiger partial charge is 0.330 e. The van der Waals surface area contributed by atoms with Crippen molar-refractivity contribution in [1.29, 1.82) is 0 Å². The van der Waals surface area contributed by atoms with Crippen LogP contribution in [-0.4, -0.2) is 57.2 Å². The van der Waals surface area contributed by atoms with Crippen LogP contribution >= 0.6 is 23.2 Å². The van der Waals surface area contributed by atoms with Crippen molar-refractivity contribution in [3.63, 3.8) is 0 Å². The molecule has 1 aromatic heterocycles. The first-order chi connectivity index (χ1) is 21.0. The van der Waals surface area contributed by atoms with E-state index in [-0.39, 0.29) is 81.6 Å². The van der Waals surface area contributed by atoms with Crippen molar-refractivity contribution < 1.29 is 23.4 Å². The van der Waals surface area contributed by atoms with Gasteiger partial charge in [-0.3, -0.25) is 24.1 Å². The summed E-state index contributed by atoms with van der Waals surface area (Å²) in [5, 5.41) is 11.6. The van der Waals surface area contributed by atoms with Crippen LogP contribution in [0.15, 0.2) is 41.7 Å². The van der Waals surface area contributed by atoms with Crippen LogP contribution in [0.3, 0.4) is 0 Å². The standard InChI is InChI=1S/C28H31Cl2N7O6S/c1-42-20-10-21(43-14-16-6-4-8-19(31)24(16)32)23(30)25(22(20)29)35-13-17-11-33-27(44(2)41)34-26(17)36(28(35)38)12-15-5-3-7-18(9-15)37(39)40/h3,5,7,9-11,16,19,24H,4,6,8,12-14,31-32H2,1-2H3. The highest BCUT2D eigenvalue weighted by atomic mass is 35.5. The molecule has 4 N–H and O–H groups in total. The molecule has 2 amide bonds. The van der Waals surface area contributed by atoms with Crippen LogP contribution in [0.4, 0.5) is 22.0 Å². The fraction of sp³-hybridized carbons (Fsp3) is 0.393. The zero-order valence-corrected chi connectivity index (χ0v) is 26.3. The Bertz CT molecular complexity index is 1630. The van der Waals surface area contributed by atoms with Crippen molar-refractivity contribution in [1.82, 2.24) is 9.97 Å². The van der Waals surface area contributed by atoms with Gasteiger partial charge in [-0.15, -0.1) is 0 Å². The van der Waals surface area contributed by atoms with Gasteiger partial charge in [0.2, 0.25) is 5.16 Å². The minimum Gasteiger partial charge on any atom is -0.495 e. The number of nitro benzene ring substituents is 1. The highest BCUT2D eigenvalue weighted by Crippen LogP contribution is 2.48. The van der Waals surface area contributed by atoms with E-state index in [0.29, 0.717) is 11.1 Å². The number of ether oxygens (including phenoxy) is 2. The fourth-order valence-corrected chi connectivity index (χ4v) is 6.51. The molecule has 3 aromatic rings. The van der Waals surface area contributed by atoms with E-state index in [1.165, 1.54) is 47.6 Å². The molecule has 13 nitrogen and oxygen atoms in total. The molecule has 0 saturated heterocycles. The second kappa shape index (κ2) is 13.2. The van der Waals surface area contributed by atoms with E-state index in [4.69, 9.17) is 44.1 Å². The van der Waals surface area contributed by atoms with Crippen LogP contribution in [0.1, 0.15) is 30.4 Å². The molecule has 16 heteroatoms. The van der Waals surface area contributed by atoms with E-state index in [1.54, 1.807) is 12.1 Å². The lowest BCUT2D eigenvalue weighted by molar-refractivity contribution is -0.384. The monoisotopic (exact) mass is 663 g/mol. The number of halogens is 2. The zero-order valence-electron chi connectivity index (χ0n) is 23.9. The minimum atomic E-state index is -1.53. The summed E-state index contributed by atoms with van der Waals surface area (Å²) in [6, 6.07) is 6.51. The maximum Gasteiger partial charge on any atom is 0.330 e. The normalized spacial score (nSPS) is 20.7. The van der Waals surface area contributed by atoms with E-state index >= 15 is 0 Å². The van der Waals surface area contributed by atoms with Crippen LogP contribution in [0.5, 0.6) is 11.5 Å². The molecule has 1 aliphatic carbocycles. The van der Waals surface area contributed by atoms with Gasteiger partial charge >= 0.3 is 6.03 Å². The summed E-state index contributed by atoms with van der Waals surface area (Å²) in [5.74, 6) is 0.685. The summed E-state index contributed by atoms with van der Waals surface area (Å²) >= 11 is 13.7. The number of urea groups is 1. The van der Waals surface area contributed by atoms with Crippen molar-refractivity contribution >= 4 is 57.2 Å². The Labute approximate surface area is 266 Å². The number of aromatic nitrogens is 2. The molecule has 0 spiro atoms. The summed E-state index contributed by atoms with van der Waals surface area (Å²) in [4.78, 5) is 36.4. The molecule has 5 rings (SSSR count). The first kappa shape index (κ1) is 31.9. The first-order valence-electron chi connectivity index (χ1n) is 13.7. The van der Waals surface area contributed by atoms with Gasteiger partial charge in [-0.05, 0) is 18.4 Å². The molecule has 234 valence electrons.